The minimum Gasteiger partial charge on any atom is -0.325 e. The minimum atomic E-state index is 0.272. The van der Waals surface area contributed by atoms with Crippen molar-refractivity contribution in [2.75, 3.05) is 39.3 Å². The highest BCUT2D eigenvalue weighted by Crippen LogP contribution is 2.22. The van der Waals surface area contributed by atoms with E-state index in [0.29, 0.717) is 0 Å². The van der Waals surface area contributed by atoms with Crippen molar-refractivity contribution >= 4 is 6.03 Å². The van der Waals surface area contributed by atoms with Crippen LogP contribution in [0.25, 0.3) is 0 Å². The lowest BCUT2D eigenvalue weighted by molar-refractivity contribution is 0.147. The first-order valence-corrected chi connectivity index (χ1v) is 7.56. The number of hydrogen-bond donors (Lipinski definition) is 1. The van der Waals surface area contributed by atoms with Gasteiger partial charge < -0.3 is 15.1 Å². The van der Waals surface area contributed by atoms with E-state index < -0.39 is 0 Å². The summed E-state index contributed by atoms with van der Waals surface area (Å²) in [7, 11) is 0. The Hall–Kier alpha value is -0.770. The van der Waals surface area contributed by atoms with Crippen molar-refractivity contribution in [3.05, 3.63) is 0 Å². The number of amides is 2. The van der Waals surface area contributed by atoms with E-state index in [1.54, 1.807) is 0 Å². The number of carbonyl (C=O) groups is 1. The molecule has 0 spiro atoms. The Kier molecular flexibility index (Phi) is 5.29. The van der Waals surface area contributed by atoms with Gasteiger partial charge in [-0.15, -0.1) is 0 Å². The van der Waals surface area contributed by atoms with E-state index in [1.807, 2.05) is 4.90 Å². The van der Waals surface area contributed by atoms with Crippen molar-refractivity contribution in [1.29, 1.82) is 0 Å². The molecule has 0 aromatic heterocycles. The second-order valence-corrected chi connectivity index (χ2v) is 5.59. The van der Waals surface area contributed by atoms with Gasteiger partial charge in [0, 0.05) is 39.3 Å². The first-order chi connectivity index (χ1) is 8.81. The van der Waals surface area contributed by atoms with Crippen LogP contribution in [0.5, 0.6) is 0 Å². The molecule has 18 heavy (non-hydrogen) atoms. The van der Waals surface area contributed by atoms with Crippen LogP contribution >= 0.6 is 0 Å². The van der Waals surface area contributed by atoms with Crippen molar-refractivity contribution in [3.8, 4) is 0 Å². The zero-order chi connectivity index (χ0) is 12.8. The number of piperazine rings is 1. The maximum absolute atomic E-state index is 12.4. The van der Waals surface area contributed by atoms with Gasteiger partial charge in [-0.2, -0.15) is 0 Å². The van der Waals surface area contributed by atoms with Crippen LogP contribution in [0.15, 0.2) is 0 Å². The Morgan fingerprint density at radius 1 is 1.11 bits per heavy atom. The summed E-state index contributed by atoms with van der Waals surface area (Å²) in [6.45, 7) is 7.81. The second-order valence-electron chi connectivity index (χ2n) is 5.59. The Labute approximate surface area is 111 Å². The molecule has 1 N–H and O–H groups in total. The Morgan fingerprint density at radius 3 is 2.56 bits per heavy atom. The highest BCUT2D eigenvalue weighted by molar-refractivity contribution is 5.74. The maximum Gasteiger partial charge on any atom is 0.320 e. The number of likely N-dealkylation sites (tertiary alicyclic amines) is 1. The molecule has 2 aliphatic heterocycles. The molecule has 0 aromatic rings. The molecule has 2 saturated heterocycles. The molecule has 2 amide bonds. The predicted molar refractivity (Wildman–Crippen MR) is 73.7 cm³/mol. The van der Waals surface area contributed by atoms with E-state index in [-0.39, 0.29) is 6.03 Å². The molecule has 2 heterocycles. The summed E-state index contributed by atoms with van der Waals surface area (Å²) in [5.41, 5.74) is 0. The lowest BCUT2D eigenvalue weighted by Gasteiger charge is -2.32. The minimum absolute atomic E-state index is 0.272. The number of nitrogens with zero attached hydrogens (tertiary/aromatic N) is 2. The number of rotatable bonds is 2. The molecule has 0 bridgehead atoms. The molecule has 4 nitrogen and oxygen atoms in total. The van der Waals surface area contributed by atoms with E-state index in [9.17, 15) is 4.79 Å². The first-order valence-electron chi connectivity index (χ1n) is 7.56. The summed E-state index contributed by atoms with van der Waals surface area (Å²) < 4.78 is 0. The summed E-state index contributed by atoms with van der Waals surface area (Å²) in [6.07, 6.45) is 6.29. The SMILES string of the molecule is CCCC1CCCN(C(=O)N2CCNCC2)CC1. The van der Waals surface area contributed by atoms with Crippen LogP contribution in [0.2, 0.25) is 0 Å². The van der Waals surface area contributed by atoms with E-state index in [1.165, 1.54) is 32.1 Å². The Bertz CT molecular complexity index is 264. The van der Waals surface area contributed by atoms with Gasteiger partial charge in [-0.1, -0.05) is 19.8 Å². The number of hydrogen-bond acceptors (Lipinski definition) is 2. The molecule has 1 unspecified atom stereocenters. The van der Waals surface area contributed by atoms with E-state index >= 15 is 0 Å². The van der Waals surface area contributed by atoms with Crippen LogP contribution in [0.3, 0.4) is 0 Å². The third kappa shape index (κ3) is 3.61. The molecule has 0 radical (unpaired) electrons. The van der Waals surface area contributed by atoms with E-state index in [4.69, 9.17) is 0 Å². The lowest BCUT2D eigenvalue weighted by Crippen LogP contribution is -2.51. The van der Waals surface area contributed by atoms with Gasteiger partial charge in [0.2, 0.25) is 0 Å². The van der Waals surface area contributed by atoms with Crippen LogP contribution < -0.4 is 5.32 Å². The van der Waals surface area contributed by atoms with Crippen molar-refractivity contribution < 1.29 is 4.79 Å². The molecule has 104 valence electrons. The summed E-state index contributed by atoms with van der Waals surface area (Å²) in [6, 6.07) is 0.272. The normalized spacial score (nSPS) is 25.9. The molecule has 2 aliphatic rings. The van der Waals surface area contributed by atoms with Crippen molar-refractivity contribution in [3.63, 3.8) is 0 Å². The van der Waals surface area contributed by atoms with Crippen molar-refractivity contribution in [2.45, 2.75) is 39.0 Å². The topological polar surface area (TPSA) is 35.6 Å². The fourth-order valence-corrected chi connectivity index (χ4v) is 3.11. The van der Waals surface area contributed by atoms with Gasteiger partial charge in [-0.25, -0.2) is 4.79 Å². The molecule has 4 heteroatoms. The molecule has 0 aromatic carbocycles. The zero-order valence-electron chi connectivity index (χ0n) is 11.7. The van der Waals surface area contributed by atoms with Crippen LogP contribution in [0, 0.1) is 5.92 Å². The van der Waals surface area contributed by atoms with Gasteiger partial charge >= 0.3 is 6.03 Å². The second kappa shape index (κ2) is 6.98. The molecule has 0 saturated carbocycles. The number of urea groups is 1. The zero-order valence-corrected chi connectivity index (χ0v) is 11.7. The average Bonchev–Trinajstić information content (AvgIpc) is 2.65. The summed E-state index contributed by atoms with van der Waals surface area (Å²) >= 11 is 0. The summed E-state index contributed by atoms with van der Waals surface area (Å²) in [5, 5.41) is 3.30. The van der Waals surface area contributed by atoms with E-state index in [0.717, 1.165) is 45.2 Å². The lowest BCUT2D eigenvalue weighted by atomic mass is 9.96. The van der Waals surface area contributed by atoms with E-state index in [2.05, 4.69) is 17.1 Å². The smallest absolute Gasteiger partial charge is 0.320 e. The highest BCUT2D eigenvalue weighted by Gasteiger charge is 2.24. The number of carbonyl (C=O) groups excluding carboxylic acids is 1. The van der Waals surface area contributed by atoms with Crippen LogP contribution in [0.1, 0.15) is 39.0 Å². The molecule has 1 atom stereocenters. The number of nitrogens with one attached hydrogen (secondary N) is 1. The van der Waals surface area contributed by atoms with Crippen molar-refractivity contribution in [1.82, 2.24) is 15.1 Å². The van der Waals surface area contributed by atoms with Gasteiger partial charge in [0.15, 0.2) is 0 Å². The third-order valence-electron chi connectivity index (χ3n) is 4.20. The van der Waals surface area contributed by atoms with Gasteiger partial charge in [-0.3, -0.25) is 0 Å². The quantitative estimate of drug-likeness (QED) is 0.816. The van der Waals surface area contributed by atoms with Gasteiger partial charge in [0.1, 0.15) is 0 Å². The standard InChI is InChI=1S/C14H27N3O/c1-2-4-13-5-3-9-16(10-6-13)14(18)17-11-7-15-8-12-17/h13,15H,2-12H2,1H3. The molecular weight excluding hydrogens is 226 g/mol. The first kappa shape index (κ1) is 13.7. The summed E-state index contributed by atoms with van der Waals surface area (Å²) in [5.74, 6) is 0.843. The molecular formula is C14H27N3O. The fraction of sp³-hybridized carbons (Fsp3) is 0.929. The van der Waals surface area contributed by atoms with Gasteiger partial charge in [-0.05, 0) is 25.2 Å². The van der Waals surface area contributed by atoms with Crippen LogP contribution in [-0.2, 0) is 0 Å². The molecule has 2 rings (SSSR count). The van der Waals surface area contributed by atoms with Crippen LogP contribution in [0.4, 0.5) is 4.79 Å². The highest BCUT2D eigenvalue weighted by atomic mass is 16.2. The van der Waals surface area contributed by atoms with Gasteiger partial charge in [0.25, 0.3) is 0 Å². The largest absolute Gasteiger partial charge is 0.325 e. The Morgan fingerprint density at radius 2 is 1.83 bits per heavy atom. The van der Waals surface area contributed by atoms with Crippen molar-refractivity contribution in [2.24, 2.45) is 5.92 Å². The monoisotopic (exact) mass is 253 g/mol. The fourth-order valence-electron chi connectivity index (χ4n) is 3.11. The maximum atomic E-state index is 12.4. The third-order valence-corrected chi connectivity index (χ3v) is 4.20. The van der Waals surface area contributed by atoms with Crippen LogP contribution in [-0.4, -0.2) is 55.1 Å². The average molecular weight is 253 g/mol. The molecule has 2 fully saturated rings. The predicted octanol–water partition coefficient (Wildman–Crippen LogP) is 1.91. The summed E-state index contributed by atoms with van der Waals surface area (Å²) in [4.78, 5) is 16.5. The molecule has 0 aliphatic carbocycles. The Balaban J connectivity index is 1.82. The van der Waals surface area contributed by atoms with Gasteiger partial charge in [0.05, 0.1) is 0 Å².